The van der Waals surface area contributed by atoms with Gasteiger partial charge in [0, 0.05) is 38.3 Å². The molecule has 1 aromatic rings. The van der Waals surface area contributed by atoms with Crippen molar-refractivity contribution >= 4 is 23.4 Å². The molecule has 1 spiro atoms. The second-order valence-corrected chi connectivity index (χ2v) is 8.61. The predicted octanol–water partition coefficient (Wildman–Crippen LogP) is 1.36. The molecule has 0 bridgehead atoms. The summed E-state index contributed by atoms with van der Waals surface area (Å²) in [5.74, 6) is -0.0587. The Morgan fingerprint density at radius 1 is 1.19 bits per heavy atom. The van der Waals surface area contributed by atoms with Crippen LogP contribution >= 0.6 is 0 Å². The zero-order chi connectivity index (χ0) is 21.8. The van der Waals surface area contributed by atoms with Crippen LogP contribution in [0.4, 0.5) is 5.69 Å². The van der Waals surface area contributed by atoms with Crippen LogP contribution in [0.15, 0.2) is 30.3 Å². The maximum atomic E-state index is 13.6. The lowest BCUT2D eigenvalue weighted by atomic mass is 9.85. The highest BCUT2D eigenvalue weighted by atomic mass is 16.5. The van der Waals surface area contributed by atoms with Crippen LogP contribution in [0, 0.1) is 0 Å². The van der Waals surface area contributed by atoms with Crippen LogP contribution in [-0.2, 0) is 19.1 Å². The second kappa shape index (κ2) is 9.26. The van der Waals surface area contributed by atoms with Gasteiger partial charge in [0.25, 0.3) is 5.91 Å². The fraction of sp³-hybridized carbons (Fsp3) is 0.609. The van der Waals surface area contributed by atoms with Gasteiger partial charge in [0.15, 0.2) is 0 Å². The standard InChI is InChI=1S/C23H32N4O4/c1-2-21(29)25-12-10-23(11-13-25)22(30)26(17-27(23)18-7-4-3-5-8-18)16-20(28)24-15-19-9-6-14-31-19/h3-5,7-8,19H,2,6,9-17H2,1H3,(H,24,28)/t19-/m1/s1. The summed E-state index contributed by atoms with van der Waals surface area (Å²) in [7, 11) is 0. The van der Waals surface area contributed by atoms with Crippen molar-refractivity contribution in [2.24, 2.45) is 0 Å². The molecule has 8 nitrogen and oxygen atoms in total. The fourth-order valence-corrected chi connectivity index (χ4v) is 4.93. The lowest BCUT2D eigenvalue weighted by Gasteiger charge is -2.43. The molecule has 8 heteroatoms. The summed E-state index contributed by atoms with van der Waals surface area (Å²) in [5.41, 5.74) is 0.258. The maximum Gasteiger partial charge on any atom is 0.250 e. The van der Waals surface area contributed by atoms with E-state index in [1.165, 1.54) is 0 Å². The first-order valence-corrected chi connectivity index (χ1v) is 11.3. The number of carbonyl (C=O) groups is 3. The molecule has 3 fully saturated rings. The first-order chi connectivity index (χ1) is 15.0. The number of ether oxygens (including phenoxy) is 1. The first kappa shape index (κ1) is 21.6. The van der Waals surface area contributed by atoms with Crippen molar-refractivity contribution in [3.63, 3.8) is 0 Å². The third-order valence-corrected chi connectivity index (χ3v) is 6.71. The largest absolute Gasteiger partial charge is 0.376 e. The number of piperidine rings is 1. The van der Waals surface area contributed by atoms with E-state index in [1.807, 2.05) is 42.2 Å². The first-order valence-electron chi connectivity index (χ1n) is 11.3. The van der Waals surface area contributed by atoms with E-state index >= 15 is 0 Å². The van der Waals surface area contributed by atoms with E-state index in [-0.39, 0.29) is 30.4 Å². The Morgan fingerprint density at radius 3 is 2.58 bits per heavy atom. The van der Waals surface area contributed by atoms with E-state index in [0.29, 0.717) is 45.6 Å². The number of carbonyl (C=O) groups excluding carboxylic acids is 3. The fourth-order valence-electron chi connectivity index (χ4n) is 4.93. The molecule has 0 radical (unpaired) electrons. The second-order valence-electron chi connectivity index (χ2n) is 8.61. The highest BCUT2D eigenvalue weighted by Crippen LogP contribution is 2.39. The maximum absolute atomic E-state index is 13.6. The average molecular weight is 429 g/mol. The number of anilines is 1. The zero-order valence-electron chi connectivity index (χ0n) is 18.2. The van der Waals surface area contributed by atoms with Gasteiger partial charge in [-0.15, -0.1) is 0 Å². The van der Waals surface area contributed by atoms with Crippen molar-refractivity contribution in [3.05, 3.63) is 30.3 Å². The van der Waals surface area contributed by atoms with Crippen LogP contribution < -0.4 is 10.2 Å². The van der Waals surface area contributed by atoms with Crippen molar-refractivity contribution in [1.82, 2.24) is 15.1 Å². The molecule has 3 aliphatic heterocycles. The van der Waals surface area contributed by atoms with Crippen LogP contribution in [0.3, 0.4) is 0 Å². The smallest absolute Gasteiger partial charge is 0.250 e. The van der Waals surface area contributed by atoms with Gasteiger partial charge in [0.1, 0.15) is 12.1 Å². The number of amides is 3. The van der Waals surface area contributed by atoms with Gasteiger partial charge in [0.05, 0.1) is 12.8 Å². The monoisotopic (exact) mass is 428 g/mol. The molecule has 4 rings (SSSR count). The third kappa shape index (κ3) is 4.39. The summed E-state index contributed by atoms with van der Waals surface area (Å²) in [5, 5.41) is 2.92. The van der Waals surface area contributed by atoms with E-state index < -0.39 is 5.54 Å². The van der Waals surface area contributed by atoms with Crippen molar-refractivity contribution in [3.8, 4) is 0 Å². The Kier molecular flexibility index (Phi) is 6.46. The Hall–Kier alpha value is -2.61. The van der Waals surface area contributed by atoms with Gasteiger partial charge in [-0.1, -0.05) is 25.1 Å². The summed E-state index contributed by atoms with van der Waals surface area (Å²) in [6, 6.07) is 9.87. The number of benzene rings is 1. The molecule has 3 aliphatic rings. The predicted molar refractivity (Wildman–Crippen MR) is 116 cm³/mol. The Labute approximate surface area is 183 Å². The number of nitrogens with one attached hydrogen (secondary N) is 1. The van der Waals surface area contributed by atoms with E-state index in [2.05, 4.69) is 10.2 Å². The summed E-state index contributed by atoms with van der Waals surface area (Å²) in [6.07, 6.45) is 3.67. The van der Waals surface area contributed by atoms with Gasteiger partial charge in [-0.2, -0.15) is 0 Å². The topological polar surface area (TPSA) is 82.2 Å². The van der Waals surface area contributed by atoms with Crippen molar-refractivity contribution in [2.45, 2.75) is 50.7 Å². The molecule has 3 saturated heterocycles. The number of nitrogens with zero attached hydrogens (tertiary/aromatic N) is 3. The van der Waals surface area contributed by atoms with E-state index in [9.17, 15) is 14.4 Å². The average Bonchev–Trinajstić information content (AvgIpc) is 3.41. The molecule has 3 heterocycles. The number of hydrogen-bond acceptors (Lipinski definition) is 5. The van der Waals surface area contributed by atoms with Crippen LogP contribution in [0.2, 0.25) is 0 Å². The van der Waals surface area contributed by atoms with E-state index in [4.69, 9.17) is 4.74 Å². The van der Waals surface area contributed by atoms with E-state index in [0.717, 1.165) is 25.1 Å². The molecule has 0 aromatic heterocycles. The quantitative estimate of drug-likeness (QED) is 0.740. The van der Waals surface area contributed by atoms with Crippen LogP contribution in [0.25, 0.3) is 0 Å². The van der Waals surface area contributed by atoms with Gasteiger partial charge in [0.2, 0.25) is 11.8 Å². The molecule has 0 saturated carbocycles. The normalized spacial score (nSPS) is 22.9. The minimum absolute atomic E-state index is 0.0211. The van der Waals surface area contributed by atoms with Gasteiger partial charge in [-0.25, -0.2) is 0 Å². The van der Waals surface area contributed by atoms with Crippen LogP contribution in [0.1, 0.15) is 39.0 Å². The lowest BCUT2D eigenvalue weighted by molar-refractivity contribution is -0.139. The molecular formula is C23H32N4O4. The molecule has 0 aliphatic carbocycles. The minimum atomic E-state index is -0.708. The van der Waals surface area contributed by atoms with Crippen molar-refractivity contribution < 1.29 is 19.1 Å². The highest BCUT2D eigenvalue weighted by molar-refractivity contribution is 5.96. The molecular weight excluding hydrogens is 396 g/mol. The summed E-state index contributed by atoms with van der Waals surface area (Å²) < 4.78 is 5.56. The number of para-hydroxylation sites is 1. The Morgan fingerprint density at radius 2 is 1.94 bits per heavy atom. The molecule has 1 N–H and O–H groups in total. The molecule has 0 unspecified atom stereocenters. The SMILES string of the molecule is CCC(=O)N1CCC2(CC1)C(=O)N(CC(=O)NC[C@H]1CCCO1)CN2c1ccccc1. The Bertz CT molecular complexity index is 801. The van der Waals surface area contributed by atoms with Gasteiger partial charge >= 0.3 is 0 Å². The van der Waals surface area contributed by atoms with Gasteiger partial charge in [-0.3, -0.25) is 14.4 Å². The lowest BCUT2D eigenvalue weighted by Crippen LogP contribution is -2.57. The van der Waals surface area contributed by atoms with Gasteiger partial charge < -0.3 is 24.8 Å². The van der Waals surface area contributed by atoms with Gasteiger partial charge in [-0.05, 0) is 37.8 Å². The van der Waals surface area contributed by atoms with Crippen molar-refractivity contribution in [1.29, 1.82) is 0 Å². The molecule has 168 valence electrons. The number of likely N-dealkylation sites (tertiary alicyclic amines) is 1. The summed E-state index contributed by atoms with van der Waals surface area (Å²) in [4.78, 5) is 43.9. The zero-order valence-corrected chi connectivity index (χ0v) is 18.2. The molecule has 31 heavy (non-hydrogen) atoms. The van der Waals surface area contributed by atoms with E-state index in [1.54, 1.807) is 4.90 Å². The third-order valence-electron chi connectivity index (χ3n) is 6.71. The summed E-state index contributed by atoms with van der Waals surface area (Å²) in [6.45, 7) is 4.62. The van der Waals surface area contributed by atoms with Crippen molar-refractivity contribution in [2.75, 3.05) is 44.4 Å². The number of rotatable bonds is 6. The van der Waals surface area contributed by atoms with Crippen LogP contribution in [-0.4, -0.2) is 78.6 Å². The molecule has 3 amide bonds. The summed E-state index contributed by atoms with van der Waals surface area (Å²) >= 11 is 0. The Balaban J connectivity index is 1.47. The highest BCUT2D eigenvalue weighted by Gasteiger charge is 2.54. The molecule has 1 aromatic carbocycles. The minimum Gasteiger partial charge on any atom is -0.376 e. The van der Waals surface area contributed by atoms with Crippen LogP contribution in [0.5, 0.6) is 0 Å². The number of hydrogen-bond donors (Lipinski definition) is 1. The molecule has 1 atom stereocenters.